The molecule has 2 aromatic heterocycles. The van der Waals surface area contributed by atoms with E-state index >= 15 is 0 Å². The van der Waals surface area contributed by atoms with Crippen LogP contribution in [-0.4, -0.2) is 29.7 Å². The molecule has 1 aromatic carbocycles. The van der Waals surface area contributed by atoms with Crippen LogP contribution in [0.25, 0.3) is 10.9 Å². The highest BCUT2D eigenvalue weighted by Crippen LogP contribution is 2.44. The van der Waals surface area contributed by atoms with Gasteiger partial charge in [-0.25, -0.2) is 14.4 Å². The van der Waals surface area contributed by atoms with Gasteiger partial charge < -0.3 is 9.64 Å². The van der Waals surface area contributed by atoms with E-state index in [0.717, 1.165) is 53.3 Å². The van der Waals surface area contributed by atoms with E-state index in [2.05, 4.69) is 44.9 Å². The second kappa shape index (κ2) is 8.45. The third-order valence-corrected chi connectivity index (χ3v) is 7.47. The molecule has 31 heavy (non-hydrogen) atoms. The summed E-state index contributed by atoms with van der Waals surface area (Å²) in [6.07, 6.45) is 3.94. The number of nitrogens with zero attached hydrogens (tertiary/aromatic N) is 4. The molecule has 1 saturated heterocycles. The van der Waals surface area contributed by atoms with Gasteiger partial charge in [-0.3, -0.25) is 0 Å². The number of anilines is 2. The topological polar surface area (TPSA) is 62.0 Å². The molecule has 5 rings (SSSR count). The summed E-state index contributed by atoms with van der Waals surface area (Å²) in [7, 11) is 0. The van der Waals surface area contributed by atoms with Gasteiger partial charge >= 0.3 is 0 Å². The lowest BCUT2D eigenvalue weighted by molar-refractivity contribution is 0.0846. The summed E-state index contributed by atoms with van der Waals surface area (Å²) in [5, 5.41) is 11.3. The normalized spacial score (nSPS) is 17.1. The Morgan fingerprint density at radius 2 is 1.97 bits per heavy atom. The Balaban J connectivity index is 1.65. The SMILES string of the molecule is CCN(c1nc(C2CCOCC2)c(C#N)s1)c1cc(C2CC2)nc2c(F)cc(Br)cc12. The largest absolute Gasteiger partial charge is 0.381 e. The molecule has 3 heterocycles. The Bertz CT molecular complexity index is 1180. The fourth-order valence-corrected chi connectivity index (χ4v) is 5.69. The number of pyridine rings is 1. The van der Waals surface area contributed by atoms with Crippen LogP contribution in [0.3, 0.4) is 0 Å². The Labute approximate surface area is 193 Å². The van der Waals surface area contributed by atoms with Crippen molar-refractivity contribution in [3.8, 4) is 6.07 Å². The van der Waals surface area contributed by atoms with Gasteiger partial charge in [-0.15, -0.1) is 0 Å². The Morgan fingerprint density at radius 1 is 1.19 bits per heavy atom. The average Bonchev–Trinajstić information content (AvgIpc) is 3.54. The molecule has 1 aliphatic carbocycles. The van der Waals surface area contributed by atoms with Gasteiger partial charge in [0.2, 0.25) is 0 Å². The van der Waals surface area contributed by atoms with E-state index in [4.69, 9.17) is 9.72 Å². The quantitative estimate of drug-likeness (QED) is 0.405. The number of hydrogen-bond donors (Lipinski definition) is 0. The zero-order valence-corrected chi connectivity index (χ0v) is 19.6. The Kier molecular flexibility index (Phi) is 5.67. The minimum atomic E-state index is -0.330. The Hall–Kier alpha value is -2.08. The summed E-state index contributed by atoms with van der Waals surface area (Å²) < 4.78 is 21.0. The first-order chi connectivity index (χ1) is 15.1. The van der Waals surface area contributed by atoms with Crippen molar-refractivity contribution >= 4 is 49.0 Å². The van der Waals surface area contributed by atoms with Crippen LogP contribution in [0.5, 0.6) is 0 Å². The summed E-state index contributed by atoms with van der Waals surface area (Å²) in [5.41, 5.74) is 3.09. The van der Waals surface area contributed by atoms with Crippen molar-refractivity contribution in [3.63, 3.8) is 0 Å². The molecule has 1 saturated carbocycles. The number of thiazole rings is 1. The van der Waals surface area contributed by atoms with Crippen molar-refractivity contribution in [1.29, 1.82) is 5.26 Å². The first-order valence-corrected chi connectivity index (χ1v) is 12.3. The molecule has 2 fully saturated rings. The molecule has 0 bridgehead atoms. The van der Waals surface area contributed by atoms with E-state index in [1.807, 2.05) is 6.07 Å². The summed E-state index contributed by atoms with van der Waals surface area (Å²) in [6.45, 7) is 4.11. The van der Waals surface area contributed by atoms with Crippen molar-refractivity contribution in [2.24, 2.45) is 0 Å². The number of nitriles is 1. The number of halogens is 2. The lowest BCUT2D eigenvalue weighted by Gasteiger charge is -2.23. The molecular weight excluding hydrogens is 479 g/mol. The fraction of sp³-hybridized carbons (Fsp3) is 0.435. The molecule has 0 unspecified atom stereocenters. The molecule has 3 aromatic rings. The lowest BCUT2D eigenvalue weighted by atomic mass is 9.96. The molecule has 0 atom stereocenters. The molecule has 0 amide bonds. The van der Waals surface area contributed by atoms with Crippen LogP contribution in [-0.2, 0) is 4.74 Å². The van der Waals surface area contributed by atoms with Gasteiger partial charge in [0.05, 0.1) is 11.4 Å². The Morgan fingerprint density at radius 3 is 2.65 bits per heavy atom. The minimum Gasteiger partial charge on any atom is -0.381 e. The molecule has 0 N–H and O–H groups in total. The lowest BCUT2D eigenvalue weighted by Crippen LogP contribution is -2.18. The predicted octanol–water partition coefficient (Wildman–Crippen LogP) is 6.39. The summed E-state index contributed by atoms with van der Waals surface area (Å²) in [4.78, 5) is 12.3. The van der Waals surface area contributed by atoms with E-state index in [1.165, 1.54) is 17.4 Å². The maximum Gasteiger partial charge on any atom is 0.191 e. The predicted molar refractivity (Wildman–Crippen MR) is 124 cm³/mol. The van der Waals surface area contributed by atoms with Crippen LogP contribution in [0.1, 0.15) is 60.7 Å². The van der Waals surface area contributed by atoms with Crippen LogP contribution < -0.4 is 4.90 Å². The van der Waals surface area contributed by atoms with Gasteiger partial charge in [0.1, 0.15) is 16.5 Å². The molecule has 0 radical (unpaired) electrons. The first kappa shape index (κ1) is 20.8. The molecule has 0 spiro atoms. The zero-order chi connectivity index (χ0) is 21.5. The maximum atomic E-state index is 14.8. The molecule has 1 aliphatic heterocycles. The number of rotatable bonds is 5. The third-order valence-electron chi connectivity index (χ3n) is 6.01. The van der Waals surface area contributed by atoms with Crippen LogP contribution in [0.15, 0.2) is 22.7 Å². The van der Waals surface area contributed by atoms with Crippen molar-refractivity contribution in [1.82, 2.24) is 9.97 Å². The van der Waals surface area contributed by atoms with E-state index in [0.29, 0.717) is 40.5 Å². The molecular formula is C23H22BrFN4OS. The van der Waals surface area contributed by atoms with Gasteiger partial charge in [0, 0.05) is 47.1 Å². The first-order valence-electron chi connectivity index (χ1n) is 10.6. The van der Waals surface area contributed by atoms with Crippen LogP contribution in [0.4, 0.5) is 15.2 Å². The monoisotopic (exact) mass is 500 g/mol. The van der Waals surface area contributed by atoms with Gasteiger partial charge in [-0.05, 0) is 50.8 Å². The summed E-state index contributed by atoms with van der Waals surface area (Å²) in [6, 6.07) is 7.81. The van der Waals surface area contributed by atoms with Crippen molar-refractivity contribution < 1.29 is 9.13 Å². The van der Waals surface area contributed by atoms with Crippen LogP contribution in [0.2, 0.25) is 0 Å². The average molecular weight is 501 g/mol. The smallest absolute Gasteiger partial charge is 0.191 e. The molecule has 2 aliphatic rings. The summed E-state index contributed by atoms with van der Waals surface area (Å²) in [5.74, 6) is 0.312. The number of benzene rings is 1. The highest BCUT2D eigenvalue weighted by molar-refractivity contribution is 9.10. The highest BCUT2D eigenvalue weighted by Gasteiger charge is 2.29. The van der Waals surface area contributed by atoms with Crippen molar-refractivity contribution in [2.45, 2.75) is 44.4 Å². The van der Waals surface area contributed by atoms with Gasteiger partial charge in [0.15, 0.2) is 10.9 Å². The van der Waals surface area contributed by atoms with E-state index < -0.39 is 0 Å². The van der Waals surface area contributed by atoms with Crippen LogP contribution >= 0.6 is 27.3 Å². The van der Waals surface area contributed by atoms with Gasteiger partial charge in [-0.1, -0.05) is 27.3 Å². The van der Waals surface area contributed by atoms with E-state index in [1.54, 1.807) is 0 Å². The number of fused-ring (bicyclic) bond motifs is 1. The number of hydrogen-bond acceptors (Lipinski definition) is 6. The fourth-order valence-electron chi connectivity index (χ4n) is 4.24. The standard InChI is InChI=1S/C23H22BrFN4OS/c1-2-29(23-28-21(20(12-26)31-23)14-5-7-30-8-6-14)19-11-18(13-3-4-13)27-22-16(19)9-15(24)10-17(22)25/h9-11,13-14H,2-8H2,1H3. The minimum absolute atomic E-state index is 0.245. The van der Waals surface area contributed by atoms with Crippen molar-refractivity contribution in [2.75, 3.05) is 24.7 Å². The second-order valence-corrected chi connectivity index (χ2v) is 9.97. The van der Waals surface area contributed by atoms with Gasteiger partial charge in [-0.2, -0.15) is 5.26 Å². The zero-order valence-electron chi connectivity index (χ0n) is 17.2. The molecule has 8 heteroatoms. The third kappa shape index (κ3) is 3.95. The highest BCUT2D eigenvalue weighted by atomic mass is 79.9. The second-order valence-electron chi connectivity index (χ2n) is 8.08. The molecule has 5 nitrogen and oxygen atoms in total. The van der Waals surface area contributed by atoms with Crippen LogP contribution in [0, 0.1) is 17.1 Å². The van der Waals surface area contributed by atoms with E-state index in [-0.39, 0.29) is 11.7 Å². The summed E-state index contributed by atoms with van der Waals surface area (Å²) >= 11 is 4.84. The maximum absolute atomic E-state index is 14.8. The molecule has 160 valence electrons. The van der Waals surface area contributed by atoms with E-state index in [9.17, 15) is 9.65 Å². The number of aromatic nitrogens is 2. The van der Waals surface area contributed by atoms with Gasteiger partial charge in [0.25, 0.3) is 0 Å². The van der Waals surface area contributed by atoms with Crippen molar-refractivity contribution in [3.05, 3.63) is 44.8 Å². The number of ether oxygens (including phenoxy) is 1.